The smallest absolute Gasteiger partial charge is 0.255 e. The van der Waals surface area contributed by atoms with Crippen molar-refractivity contribution in [2.24, 2.45) is 5.41 Å². The van der Waals surface area contributed by atoms with Crippen LogP contribution in [0.4, 0.5) is 5.69 Å². The Balaban J connectivity index is 1.32. The minimum atomic E-state index is -0.521. The molecule has 9 nitrogen and oxygen atoms in total. The normalized spacial score (nSPS) is 19.4. The molecule has 3 amide bonds. The van der Waals surface area contributed by atoms with Gasteiger partial charge in [0, 0.05) is 18.8 Å². The summed E-state index contributed by atoms with van der Waals surface area (Å²) in [5.74, 6) is 1.12. The molecule has 0 radical (unpaired) electrons. The lowest BCUT2D eigenvalue weighted by Crippen LogP contribution is -2.50. The second-order valence-electron chi connectivity index (χ2n) is 10.2. The Bertz CT molecular complexity index is 1170. The summed E-state index contributed by atoms with van der Waals surface area (Å²) in [7, 11) is 0. The number of para-hydroxylation sites is 1. The Morgan fingerprint density at radius 3 is 2.55 bits per heavy atom. The molecule has 1 saturated heterocycles. The van der Waals surface area contributed by atoms with E-state index in [1.807, 2.05) is 55.5 Å². The van der Waals surface area contributed by atoms with E-state index in [4.69, 9.17) is 9.47 Å². The quantitative estimate of drug-likeness (QED) is 0.491. The lowest BCUT2D eigenvalue weighted by Gasteiger charge is -2.40. The largest absolute Gasteiger partial charge is 0.494 e. The summed E-state index contributed by atoms with van der Waals surface area (Å²) in [5, 5.41) is 8.97. The maximum atomic E-state index is 13.4. The number of hydrogen-bond donors (Lipinski definition) is 3. The number of nitrogens with one attached hydrogen (secondary N) is 3. The number of anilines is 1. The highest BCUT2D eigenvalue weighted by atomic mass is 16.5. The summed E-state index contributed by atoms with van der Waals surface area (Å²) in [5.41, 5.74) is 0.723. The molecule has 2 aromatic carbocycles. The number of nitrogens with zero attached hydrogens (tertiary/aromatic N) is 1. The number of amides is 3. The second kappa shape index (κ2) is 14.5. The Kier molecular flexibility index (Phi) is 10.6. The van der Waals surface area contributed by atoms with Crippen molar-refractivity contribution in [3.63, 3.8) is 0 Å². The van der Waals surface area contributed by atoms with E-state index in [0.717, 1.165) is 11.4 Å². The van der Waals surface area contributed by atoms with Gasteiger partial charge in [-0.05, 0) is 88.5 Å². The molecule has 0 unspecified atom stereocenters. The predicted octanol–water partition coefficient (Wildman–Crippen LogP) is 3.77. The van der Waals surface area contributed by atoms with Crippen LogP contribution in [0.5, 0.6) is 11.5 Å². The van der Waals surface area contributed by atoms with Gasteiger partial charge >= 0.3 is 0 Å². The molecule has 0 saturated carbocycles. The average molecular weight is 549 g/mol. The molecule has 9 heteroatoms. The first-order valence-electron chi connectivity index (χ1n) is 14.2. The first-order chi connectivity index (χ1) is 19.5. The lowest BCUT2D eigenvalue weighted by atomic mass is 9.74. The molecule has 40 heavy (non-hydrogen) atoms. The third-order valence-electron chi connectivity index (χ3n) is 7.38. The van der Waals surface area contributed by atoms with Crippen molar-refractivity contribution in [2.45, 2.75) is 39.0 Å². The van der Waals surface area contributed by atoms with E-state index in [1.165, 1.54) is 0 Å². The summed E-state index contributed by atoms with van der Waals surface area (Å²) in [6, 6.07) is 14.6. The number of hydrogen-bond acceptors (Lipinski definition) is 6. The molecule has 0 bridgehead atoms. The van der Waals surface area contributed by atoms with E-state index in [2.05, 4.69) is 26.9 Å². The van der Waals surface area contributed by atoms with Gasteiger partial charge in [-0.1, -0.05) is 24.3 Å². The summed E-state index contributed by atoms with van der Waals surface area (Å²) < 4.78 is 11.3. The van der Waals surface area contributed by atoms with Gasteiger partial charge in [-0.3, -0.25) is 19.3 Å². The van der Waals surface area contributed by atoms with Crippen LogP contribution in [0.25, 0.3) is 0 Å². The van der Waals surface area contributed by atoms with Crippen molar-refractivity contribution in [1.82, 2.24) is 15.5 Å². The predicted molar refractivity (Wildman–Crippen MR) is 155 cm³/mol. The van der Waals surface area contributed by atoms with Gasteiger partial charge in [0.25, 0.3) is 5.91 Å². The fourth-order valence-electron chi connectivity index (χ4n) is 5.09. The number of carbonyl (C=O) groups is 3. The molecule has 2 heterocycles. The van der Waals surface area contributed by atoms with E-state index in [0.29, 0.717) is 82.8 Å². The van der Waals surface area contributed by atoms with E-state index in [-0.39, 0.29) is 24.3 Å². The highest BCUT2D eigenvalue weighted by Gasteiger charge is 2.40. The lowest BCUT2D eigenvalue weighted by molar-refractivity contribution is -0.134. The van der Waals surface area contributed by atoms with E-state index in [1.54, 1.807) is 6.07 Å². The van der Waals surface area contributed by atoms with Gasteiger partial charge in [-0.2, -0.15) is 0 Å². The molecule has 0 aliphatic carbocycles. The van der Waals surface area contributed by atoms with Crippen LogP contribution >= 0.6 is 0 Å². The molecule has 0 atom stereocenters. The van der Waals surface area contributed by atoms with Gasteiger partial charge in [0.05, 0.1) is 30.7 Å². The van der Waals surface area contributed by atoms with E-state index in [9.17, 15) is 14.4 Å². The van der Waals surface area contributed by atoms with Gasteiger partial charge in [0.2, 0.25) is 11.8 Å². The van der Waals surface area contributed by atoms with Crippen LogP contribution in [-0.2, 0) is 9.59 Å². The van der Waals surface area contributed by atoms with Crippen molar-refractivity contribution >= 4 is 23.4 Å². The monoisotopic (exact) mass is 548 g/mol. The molecular weight excluding hydrogens is 508 g/mol. The van der Waals surface area contributed by atoms with Crippen molar-refractivity contribution < 1.29 is 23.9 Å². The molecule has 2 aromatic rings. The average Bonchev–Trinajstić information content (AvgIpc) is 2.96. The first-order valence-corrected chi connectivity index (χ1v) is 14.2. The van der Waals surface area contributed by atoms with Crippen LogP contribution in [0.15, 0.2) is 60.7 Å². The number of piperidine rings is 1. The molecule has 214 valence electrons. The van der Waals surface area contributed by atoms with Crippen LogP contribution in [0.2, 0.25) is 0 Å². The third-order valence-corrected chi connectivity index (χ3v) is 7.38. The fraction of sp³-hybridized carbons (Fsp3) is 0.452. The summed E-state index contributed by atoms with van der Waals surface area (Å²) in [4.78, 5) is 40.8. The second-order valence-corrected chi connectivity index (χ2v) is 10.2. The third kappa shape index (κ3) is 8.08. The number of fused-ring (bicyclic) bond motifs is 1. The number of ether oxygens (including phenoxy) is 2. The molecule has 0 aromatic heterocycles. The van der Waals surface area contributed by atoms with Crippen LogP contribution in [0.3, 0.4) is 0 Å². The van der Waals surface area contributed by atoms with Gasteiger partial charge < -0.3 is 25.4 Å². The van der Waals surface area contributed by atoms with Crippen molar-refractivity contribution in [1.29, 1.82) is 0 Å². The molecule has 4 rings (SSSR count). The Labute approximate surface area is 236 Å². The van der Waals surface area contributed by atoms with Gasteiger partial charge in [0.15, 0.2) is 0 Å². The molecular formula is C31H40N4O5. The van der Waals surface area contributed by atoms with Crippen LogP contribution in [0.1, 0.15) is 49.4 Å². The van der Waals surface area contributed by atoms with Crippen LogP contribution in [-0.4, -0.2) is 68.6 Å². The van der Waals surface area contributed by atoms with Crippen LogP contribution in [0, 0.1) is 5.41 Å². The number of benzene rings is 2. The number of likely N-dealkylation sites (tertiary alicyclic amines) is 1. The first kappa shape index (κ1) is 29.1. The topological polar surface area (TPSA) is 109 Å². The Hall–Kier alpha value is -3.85. The minimum Gasteiger partial charge on any atom is -0.494 e. The van der Waals surface area contributed by atoms with Crippen LogP contribution < -0.4 is 25.4 Å². The molecule has 2 aliphatic heterocycles. The van der Waals surface area contributed by atoms with Crippen molar-refractivity contribution in [3.8, 4) is 11.5 Å². The summed E-state index contributed by atoms with van der Waals surface area (Å²) >= 11 is 0. The van der Waals surface area contributed by atoms with Crippen molar-refractivity contribution in [2.75, 3.05) is 51.3 Å². The van der Waals surface area contributed by atoms with E-state index >= 15 is 0 Å². The van der Waals surface area contributed by atoms with E-state index < -0.39 is 5.41 Å². The highest BCUT2D eigenvalue weighted by molar-refractivity contribution is 5.97. The zero-order chi connectivity index (χ0) is 28.2. The maximum absolute atomic E-state index is 13.4. The summed E-state index contributed by atoms with van der Waals surface area (Å²) in [6.07, 6.45) is 7.39. The zero-order valence-electron chi connectivity index (χ0n) is 23.2. The molecule has 2 aliphatic rings. The van der Waals surface area contributed by atoms with Gasteiger partial charge in [0.1, 0.15) is 11.5 Å². The standard InChI is InChI=1S/C31H40N4O5/c1-2-39-25-13-11-24(12-14-25)34-28(36)23-35-20-16-31(17-21-35)15-6-3-7-22-40-27-10-5-4-9-26(27)29(37)32-18-8-19-33-30(31)38/h3-6,9-14H,2,7-8,15-23H2,1H3,(H,32,37)(H,33,38)(H,34,36)/b6-3-. The molecule has 3 N–H and O–H groups in total. The zero-order valence-corrected chi connectivity index (χ0v) is 23.2. The van der Waals surface area contributed by atoms with Crippen molar-refractivity contribution in [3.05, 3.63) is 66.2 Å². The van der Waals surface area contributed by atoms with Gasteiger partial charge in [-0.25, -0.2) is 0 Å². The fourth-order valence-corrected chi connectivity index (χ4v) is 5.09. The molecule has 1 fully saturated rings. The molecule has 1 spiro atoms. The Morgan fingerprint density at radius 2 is 1.77 bits per heavy atom. The number of allylic oxidation sites excluding steroid dienone is 1. The maximum Gasteiger partial charge on any atom is 0.255 e. The number of rotatable bonds is 5. The van der Waals surface area contributed by atoms with Gasteiger partial charge in [-0.15, -0.1) is 0 Å². The highest BCUT2D eigenvalue weighted by Crippen LogP contribution is 2.36. The SMILES string of the molecule is CCOc1ccc(NC(=O)CN2CCC3(C/C=C\CCOc4ccccc4C(=O)NCCCNC3=O)CC2)cc1. The Morgan fingerprint density at radius 1 is 1.02 bits per heavy atom. The minimum absolute atomic E-state index is 0.0376. The number of carbonyl (C=O) groups excluding carboxylic acids is 3. The summed E-state index contributed by atoms with van der Waals surface area (Å²) in [6.45, 7) is 5.50.